The fourth-order valence-electron chi connectivity index (χ4n) is 7.58. The Morgan fingerprint density at radius 3 is 0.625 bits per heavy atom. The number of amides is 9. The van der Waals surface area contributed by atoms with Gasteiger partial charge in [-0.3, -0.25) is 47.9 Å². The Labute approximate surface area is 502 Å². The summed E-state index contributed by atoms with van der Waals surface area (Å²) in [5, 5.41) is 75.0. The van der Waals surface area contributed by atoms with E-state index in [0.29, 0.717) is 0 Å². The first-order chi connectivity index (χ1) is 41.2. The number of carbonyl (C=O) groups excluding carboxylic acids is 12. The zero-order chi connectivity index (χ0) is 67.2. The van der Waals surface area contributed by atoms with Gasteiger partial charge in [0.25, 0.3) is 0 Å². The van der Waals surface area contributed by atoms with Gasteiger partial charge in [0.1, 0.15) is 48.3 Å². The van der Waals surface area contributed by atoms with Crippen LogP contribution in [0.5, 0.6) is 0 Å². The van der Waals surface area contributed by atoms with Crippen molar-refractivity contribution in [3.63, 3.8) is 0 Å². The monoisotopic (exact) mass is 1260 g/mol. The topological polar surface area (TPSA) is 579 Å². The number of carboxylic acids is 6. The van der Waals surface area contributed by atoms with Crippen molar-refractivity contribution in [1.82, 2.24) is 42.5 Å². The molecule has 88 heavy (non-hydrogen) atoms. The standard InChI is InChI=1S/C52H79N9O27/c1-5-86-50(83)32(9-17-35(53)62)59-41(68)21-13-30(48(79)80)55-37(64)19-10-28(46(75)76)57-40(67)25-16-34(52(85)88-7-3)61-43(70)23-14-31(49(81)82)56-38(65)20-11-29(47(77)78)58-39(66)24-15-33(51(84)87-6-2)60-42(69)22-12-27(45(73)74)54-36(63)18-8-26(4)44(71)72/h26-34H,5-25H2,1-4H3,(H2,53,62)(H,54,63)(H,55,64)(H,56,65)(H,57,67)(H,58,66)(H,59,68)(H,60,69)(H,61,70)(H,71,72)(H,73,74)(H,75,76)(H,77,78)(H,79,80)(H,81,82). The molecule has 9 amide bonds. The van der Waals surface area contributed by atoms with Crippen LogP contribution in [0.25, 0.3) is 0 Å². The minimum absolute atomic E-state index is 0.0562. The van der Waals surface area contributed by atoms with Crippen LogP contribution in [-0.4, -0.2) is 206 Å². The third-order valence-corrected chi connectivity index (χ3v) is 12.4. The number of esters is 3. The maximum Gasteiger partial charge on any atom is 0.328 e. The van der Waals surface area contributed by atoms with E-state index in [1.807, 2.05) is 0 Å². The van der Waals surface area contributed by atoms with Crippen LogP contribution in [0, 0.1) is 5.92 Å². The van der Waals surface area contributed by atoms with Crippen LogP contribution < -0.4 is 48.3 Å². The van der Waals surface area contributed by atoms with Gasteiger partial charge in [-0.25, -0.2) is 38.4 Å². The summed E-state index contributed by atoms with van der Waals surface area (Å²) in [6.07, 6.45) is -9.19. The molecule has 0 saturated heterocycles. The van der Waals surface area contributed by atoms with Crippen molar-refractivity contribution in [3.8, 4) is 0 Å². The lowest BCUT2D eigenvalue weighted by Gasteiger charge is -2.20. The first-order valence-electron chi connectivity index (χ1n) is 27.7. The Morgan fingerprint density at radius 2 is 0.455 bits per heavy atom. The fraction of sp³-hybridized carbons (Fsp3) is 0.654. The molecule has 16 N–H and O–H groups in total. The number of hydrogen-bond donors (Lipinski definition) is 15. The van der Waals surface area contributed by atoms with Gasteiger partial charge in [-0.15, -0.1) is 0 Å². The Kier molecular flexibility index (Phi) is 37.7. The van der Waals surface area contributed by atoms with Gasteiger partial charge in [0.05, 0.1) is 25.7 Å². The summed E-state index contributed by atoms with van der Waals surface area (Å²) < 4.78 is 14.7. The molecule has 0 rings (SSSR count). The zero-order valence-corrected chi connectivity index (χ0v) is 48.9. The highest BCUT2D eigenvalue weighted by Crippen LogP contribution is 2.12. The van der Waals surface area contributed by atoms with Crippen molar-refractivity contribution in [2.24, 2.45) is 11.7 Å². The molecule has 0 spiro atoms. The quantitative estimate of drug-likeness (QED) is 0.0205. The molecule has 0 radical (unpaired) electrons. The second-order valence-corrected chi connectivity index (χ2v) is 19.5. The molecule has 36 heteroatoms. The number of nitrogens with two attached hydrogens (primary N) is 1. The van der Waals surface area contributed by atoms with Gasteiger partial charge in [-0.1, -0.05) is 6.92 Å². The number of hydrogen-bond acceptors (Lipinski definition) is 21. The number of carbonyl (C=O) groups is 18. The second-order valence-electron chi connectivity index (χ2n) is 19.5. The fourth-order valence-corrected chi connectivity index (χ4v) is 7.58. The normalized spacial score (nSPS) is 13.8. The van der Waals surface area contributed by atoms with Gasteiger partial charge in [0.15, 0.2) is 0 Å². The maximum atomic E-state index is 13.0. The maximum absolute atomic E-state index is 13.0. The summed E-state index contributed by atoms with van der Waals surface area (Å²) in [6.45, 7) is 5.23. The van der Waals surface area contributed by atoms with E-state index in [2.05, 4.69) is 42.5 Å². The summed E-state index contributed by atoms with van der Waals surface area (Å²) in [4.78, 5) is 222. The van der Waals surface area contributed by atoms with Crippen molar-refractivity contribution in [3.05, 3.63) is 0 Å². The van der Waals surface area contributed by atoms with Crippen LogP contribution >= 0.6 is 0 Å². The molecule has 0 aliphatic carbocycles. The summed E-state index contributed by atoms with van der Waals surface area (Å²) in [7, 11) is 0. The minimum Gasteiger partial charge on any atom is -0.481 e. The summed E-state index contributed by atoms with van der Waals surface area (Å²) in [5.41, 5.74) is 5.11. The minimum atomic E-state index is -1.79. The van der Waals surface area contributed by atoms with Crippen LogP contribution in [0.15, 0.2) is 0 Å². The Bertz CT molecular complexity index is 2510. The molecular formula is C52H79N9O27. The van der Waals surface area contributed by atoms with E-state index in [0.717, 1.165) is 0 Å². The Morgan fingerprint density at radius 1 is 0.284 bits per heavy atom. The first-order valence-corrected chi connectivity index (χ1v) is 27.7. The average Bonchev–Trinajstić information content (AvgIpc) is 3.50. The van der Waals surface area contributed by atoms with E-state index < -0.39 is 251 Å². The van der Waals surface area contributed by atoms with Gasteiger partial charge in [0, 0.05) is 57.8 Å². The van der Waals surface area contributed by atoms with Gasteiger partial charge in [0.2, 0.25) is 53.2 Å². The molecule has 0 aliphatic rings. The number of aliphatic carboxylic acids is 6. The molecule has 9 unspecified atom stereocenters. The predicted octanol–water partition coefficient (Wildman–Crippen LogP) is -3.80. The number of ether oxygens (including phenoxy) is 3. The van der Waals surface area contributed by atoms with Crippen LogP contribution in [0.2, 0.25) is 0 Å². The van der Waals surface area contributed by atoms with Gasteiger partial charge < -0.3 is 93.1 Å². The number of nitrogens with one attached hydrogen (secondary N) is 8. The Hall–Kier alpha value is -9.54. The van der Waals surface area contributed by atoms with Gasteiger partial charge in [-0.2, -0.15) is 0 Å². The van der Waals surface area contributed by atoms with Gasteiger partial charge >= 0.3 is 53.7 Å². The van der Waals surface area contributed by atoms with Crippen molar-refractivity contribution in [1.29, 1.82) is 0 Å². The van der Waals surface area contributed by atoms with E-state index in [1.165, 1.54) is 27.7 Å². The van der Waals surface area contributed by atoms with E-state index in [1.54, 1.807) is 0 Å². The highest BCUT2D eigenvalue weighted by atomic mass is 16.5. The third kappa shape index (κ3) is 34.4. The molecule has 9 atom stereocenters. The molecule has 0 aromatic heterocycles. The lowest BCUT2D eigenvalue weighted by molar-refractivity contribution is -0.148. The van der Waals surface area contributed by atoms with Crippen LogP contribution in [0.3, 0.4) is 0 Å². The van der Waals surface area contributed by atoms with E-state index in [9.17, 15) is 112 Å². The van der Waals surface area contributed by atoms with E-state index >= 15 is 0 Å². The number of primary amides is 1. The largest absolute Gasteiger partial charge is 0.481 e. The van der Waals surface area contributed by atoms with Gasteiger partial charge in [-0.05, 0) is 78.6 Å². The van der Waals surface area contributed by atoms with E-state index in [4.69, 9.17) is 25.1 Å². The molecular weight excluding hydrogens is 1180 g/mol. The molecule has 0 fully saturated rings. The lowest BCUT2D eigenvalue weighted by atomic mass is 10.0. The van der Waals surface area contributed by atoms with E-state index in [-0.39, 0.29) is 45.5 Å². The molecule has 0 heterocycles. The zero-order valence-electron chi connectivity index (χ0n) is 48.9. The Balaban J connectivity index is 5.48. The average molecular weight is 1260 g/mol. The molecule has 0 bridgehead atoms. The van der Waals surface area contributed by atoms with Crippen LogP contribution in [0.4, 0.5) is 0 Å². The van der Waals surface area contributed by atoms with Crippen molar-refractivity contribution >= 4 is 107 Å². The van der Waals surface area contributed by atoms with Crippen molar-refractivity contribution in [2.45, 2.75) is 192 Å². The van der Waals surface area contributed by atoms with Crippen molar-refractivity contribution in [2.75, 3.05) is 19.8 Å². The molecule has 0 aromatic rings. The molecule has 0 aliphatic heterocycles. The van der Waals surface area contributed by atoms with Crippen LogP contribution in [0.1, 0.15) is 143 Å². The SMILES string of the molecule is CCOC(=O)C(CCC(N)=O)NC(=O)CCC(NC(=O)CCC(NC(=O)CCC(NC(=O)CCC(NC(=O)CCC(NC(=O)CCC(NC(=O)CCC(NC(=O)CCC(C)C(=O)O)C(=O)O)C(=O)OCC)C(=O)O)C(=O)O)C(=O)OCC)C(=O)O)C(=O)O. The van der Waals surface area contributed by atoms with Crippen molar-refractivity contribution < 1.29 is 131 Å². The number of carboxylic acid groups (broad SMARTS) is 6. The molecule has 36 nitrogen and oxygen atoms in total. The number of rotatable bonds is 47. The third-order valence-electron chi connectivity index (χ3n) is 12.4. The lowest BCUT2D eigenvalue weighted by Crippen LogP contribution is -2.46. The highest BCUT2D eigenvalue weighted by molar-refractivity contribution is 5.91. The molecule has 0 saturated carbocycles. The first kappa shape index (κ1) is 78.5. The molecule has 0 aromatic carbocycles. The summed E-state index contributed by atoms with van der Waals surface area (Å²) in [6, 6.07) is -13.0. The molecule has 494 valence electrons. The summed E-state index contributed by atoms with van der Waals surface area (Å²) in [5.74, 6) is -21.4. The van der Waals surface area contributed by atoms with Crippen LogP contribution in [-0.2, 0) is 101 Å². The summed E-state index contributed by atoms with van der Waals surface area (Å²) >= 11 is 0. The highest BCUT2D eigenvalue weighted by Gasteiger charge is 2.32. The predicted molar refractivity (Wildman–Crippen MR) is 293 cm³/mol. The smallest absolute Gasteiger partial charge is 0.328 e. The second kappa shape index (κ2) is 42.3.